The Labute approximate surface area is 143 Å². The Bertz CT molecular complexity index is 581. The zero-order chi connectivity index (χ0) is 16.9. The van der Waals surface area contributed by atoms with Crippen molar-refractivity contribution in [2.75, 3.05) is 18.4 Å². The first-order valence-electron chi connectivity index (χ1n) is 9.02. The van der Waals surface area contributed by atoms with Crippen LogP contribution >= 0.6 is 0 Å². The van der Waals surface area contributed by atoms with Crippen molar-refractivity contribution in [2.24, 2.45) is 5.92 Å². The summed E-state index contributed by atoms with van der Waals surface area (Å²) in [5.74, 6) is 0.589. The molecule has 1 heterocycles. The second-order valence-corrected chi connectivity index (χ2v) is 7.13. The maximum atomic E-state index is 12.4. The van der Waals surface area contributed by atoms with Gasteiger partial charge in [0.1, 0.15) is 0 Å². The third-order valence-electron chi connectivity index (χ3n) is 4.83. The fraction of sp³-hybridized carbons (Fsp3) is 0.579. The molecule has 2 aliphatic rings. The zero-order valence-electron chi connectivity index (χ0n) is 14.4. The number of benzene rings is 1. The van der Waals surface area contributed by atoms with Gasteiger partial charge in [0.05, 0.1) is 0 Å². The van der Waals surface area contributed by atoms with Gasteiger partial charge in [-0.3, -0.25) is 4.79 Å². The molecule has 3 rings (SSSR count). The number of hydrogen-bond donors (Lipinski definition) is 2. The van der Waals surface area contributed by atoms with Gasteiger partial charge in [-0.25, -0.2) is 4.79 Å². The van der Waals surface area contributed by atoms with Gasteiger partial charge in [0.2, 0.25) is 5.91 Å². The quantitative estimate of drug-likeness (QED) is 0.871. The highest BCUT2D eigenvalue weighted by molar-refractivity contribution is 5.89. The summed E-state index contributed by atoms with van der Waals surface area (Å²) in [5.41, 5.74) is 2.01. The van der Waals surface area contributed by atoms with Crippen molar-refractivity contribution >= 4 is 17.6 Å². The fourth-order valence-electron chi connectivity index (χ4n) is 3.19. The summed E-state index contributed by atoms with van der Waals surface area (Å²) in [4.78, 5) is 26.1. The van der Waals surface area contributed by atoms with Crippen LogP contribution in [-0.4, -0.2) is 36.0 Å². The lowest BCUT2D eigenvalue weighted by molar-refractivity contribution is -0.121. The Morgan fingerprint density at radius 1 is 1.17 bits per heavy atom. The molecule has 24 heavy (non-hydrogen) atoms. The van der Waals surface area contributed by atoms with Crippen molar-refractivity contribution in [1.82, 2.24) is 10.2 Å². The predicted octanol–water partition coefficient (Wildman–Crippen LogP) is 3.30. The molecule has 1 aromatic carbocycles. The molecule has 1 saturated heterocycles. The standard InChI is InChI=1S/C19H27N3O2/c1-14-4-7-17(8-5-14)21-19(24)22-12-2-3-15(13-22)6-11-18(23)20-16-9-10-16/h4-5,7-8,15-16H,2-3,6,9-13H2,1H3,(H,20,23)(H,21,24). The van der Waals surface area contributed by atoms with Gasteiger partial charge >= 0.3 is 6.03 Å². The smallest absolute Gasteiger partial charge is 0.321 e. The van der Waals surface area contributed by atoms with Gasteiger partial charge in [-0.05, 0) is 57.1 Å². The number of urea groups is 1. The molecule has 1 atom stereocenters. The lowest BCUT2D eigenvalue weighted by Gasteiger charge is -2.32. The SMILES string of the molecule is Cc1ccc(NC(=O)N2CCCC(CCC(=O)NC3CC3)C2)cc1. The van der Waals surface area contributed by atoms with Gasteiger partial charge in [0.15, 0.2) is 0 Å². The van der Waals surface area contributed by atoms with E-state index in [-0.39, 0.29) is 11.9 Å². The van der Waals surface area contributed by atoms with Gasteiger partial charge in [-0.1, -0.05) is 17.7 Å². The molecule has 5 heteroatoms. The lowest BCUT2D eigenvalue weighted by atomic mass is 9.93. The van der Waals surface area contributed by atoms with Gasteiger partial charge in [-0.15, -0.1) is 0 Å². The van der Waals surface area contributed by atoms with E-state index in [2.05, 4.69) is 10.6 Å². The Morgan fingerprint density at radius 2 is 1.92 bits per heavy atom. The molecule has 2 fully saturated rings. The summed E-state index contributed by atoms with van der Waals surface area (Å²) in [6, 6.07) is 8.24. The molecule has 130 valence electrons. The normalized spacial score (nSPS) is 20.5. The lowest BCUT2D eigenvalue weighted by Crippen LogP contribution is -2.42. The van der Waals surface area contributed by atoms with Crippen LogP contribution in [0.15, 0.2) is 24.3 Å². The van der Waals surface area contributed by atoms with E-state index in [0.29, 0.717) is 18.4 Å². The Morgan fingerprint density at radius 3 is 2.62 bits per heavy atom. The van der Waals surface area contributed by atoms with E-state index >= 15 is 0 Å². The Hall–Kier alpha value is -2.04. The zero-order valence-corrected chi connectivity index (χ0v) is 14.4. The molecule has 3 amide bonds. The second kappa shape index (κ2) is 7.69. The minimum atomic E-state index is -0.0361. The molecule has 1 aliphatic heterocycles. The Kier molecular flexibility index (Phi) is 5.38. The van der Waals surface area contributed by atoms with Gasteiger partial charge in [0.25, 0.3) is 0 Å². The molecule has 1 aromatic rings. The van der Waals surface area contributed by atoms with Gasteiger partial charge in [0, 0.05) is 31.2 Å². The molecule has 1 saturated carbocycles. The van der Waals surface area contributed by atoms with Crippen molar-refractivity contribution in [2.45, 2.75) is 51.5 Å². The fourth-order valence-corrected chi connectivity index (χ4v) is 3.19. The van der Waals surface area contributed by atoms with Gasteiger partial charge < -0.3 is 15.5 Å². The summed E-state index contributed by atoms with van der Waals surface area (Å²) in [6.45, 7) is 3.57. The van der Waals surface area contributed by atoms with E-state index in [4.69, 9.17) is 0 Å². The molecule has 5 nitrogen and oxygen atoms in total. The average molecular weight is 329 g/mol. The summed E-state index contributed by atoms with van der Waals surface area (Å²) < 4.78 is 0. The molecule has 2 N–H and O–H groups in total. The maximum Gasteiger partial charge on any atom is 0.321 e. The highest BCUT2D eigenvalue weighted by atomic mass is 16.2. The molecule has 1 unspecified atom stereocenters. The van der Waals surface area contributed by atoms with Crippen molar-refractivity contribution in [3.8, 4) is 0 Å². The highest BCUT2D eigenvalue weighted by Crippen LogP contribution is 2.23. The number of hydrogen-bond acceptors (Lipinski definition) is 2. The van der Waals surface area contributed by atoms with Crippen molar-refractivity contribution in [3.05, 3.63) is 29.8 Å². The summed E-state index contributed by atoms with van der Waals surface area (Å²) in [7, 11) is 0. The van der Waals surface area contributed by atoms with E-state index in [0.717, 1.165) is 50.9 Å². The second-order valence-electron chi connectivity index (χ2n) is 7.13. The number of likely N-dealkylation sites (tertiary alicyclic amines) is 1. The number of aryl methyl sites for hydroxylation is 1. The molecule has 0 aromatic heterocycles. The van der Waals surface area contributed by atoms with E-state index in [1.54, 1.807) is 0 Å². The first-order chi connectivity index (χ1) is 11.6. The number of piperidine rings is 1. The van der Waals surface area contributed by atoms with E-state index < -0.39 is 0 Å². The Balaban J connectivity index is 1.44. The minimum absolute atomic E-state index is 0.0361. The van der Waals surface area contributed by atoms with Crippen LogP contribution in [0.5, 0.6) is 0 Å². The maximum absolute atomic E-state index is 12.4. The van der Waals surface area contributed by atoms with Crippen LogP contribution in [0.25, 0.3) is 0 Å². The van der Waals surface area contributed by atoms with Gasteiger partial charge in [-0.2, -0.15) is 0 Å². The minimum Gasteiger partial charge on any atom is -0.353 e. The number of nitrogens with one attached hydrogen (secondary N) is 2. The molecule has 1 aliphatic carbocycles. The van der Waals surface area contributed by atoms with E-state index in [1.807, 2.05) is 36.1 Å². The number of carbonyl (C=O) groups is 2. The third kappa shape index (κ3) is 4.98. The summed E-state index contributed by atoms with van der Waals surface area (Å²) in [5, 5.41) is 6.00. The predicted molar refractivity (Wildman–Crippen MR) is 94.9 cm³/mol. The molecule has 0 radical (unpaired) electrons. The molecule has 0 spiro atoms. The van der Waals surface area contributed by atoms with Crippen LogP contribution in [0.4, 0.5) is 10.5 Å². The monoisotopic (exact) mass is 329 g/mol. The topological polar surface area (TPSA) is 61.4 Å². The van der Waals surface area contributed by atoms with Crippen LogP contribution in [0.1, 0.15) is 44.1 Å². The number of anilines is 1. The van der Waals surface area contributed by atoms with Crippen LogP contribution in [0.2, 0.25) is 0 Å². The number of rotatable bonds is 5. The number of amides is 3. The van der Waals surface area contributed by atoms with Crippen LogP contribution in [-0.2, 0) is 4.79 Å². The average Bonchev–Trinajstić information content (AvgIpc) is 3.39. The first-order valence-corrected chi connectivity index (χ1v) is 9.02. The van der Waals surface area contributed by atoms with Crippen molar-refractivity contribution in [3.63, 3.8) is 0 Å². The summed E-state index contributed by atoms with van der Waals surface area (Å²) in [6.07, 6.45) is 5.81. The number of carbonyl (C=O) groups excluding carboxylic acids is 2. The third-order valence-corrected chi connectivity index (χ3v) is 4.83. The molecule has 0 bridgehead atoms. The van der Waals surface area contributed by atoms with E-state index in [1.165, 1.54) is 5.56 Å². The molecular weight excluding hydrogens is 302 g/mol. The first kappa shape index (κ1) is 16.8. The molecular formula is C19H27N3O2. The van der Waals surface area contributed by atoms with Crippen LogP contribution in [0, 0.1) is 12.8 Å². The number of nitrogens with zero attached hydrogens (tertiary/aromatic N) is 1. The van der Waals surface area contributed by atoms with Crippen LogP contribution in [0.3, 0.4) is 0 Å². The largest absolute Gasteiger partial charge is 0.353 e. The van der Waals surface area contributed by atoms with Crippen LogP contribution < -0.4 is 10.6 Å². The highest BCUT2D eigenvalue weighted by Gasteiger charge is 2.26. The summed E-state index contributed by atoms with van der Waals surface area (Å²) >= 11 is 0. The van der Waals surface area contributed by atoms with E-state index in [9.17, 15) is 9.59 Å². The van der Waals surface area contributed by atoms with Crippen molar-refractivity contribution in [1.29, 1.82) is 0 Å². The van der Waals surface area contributed by atoms with Crippen molar-refractivity contribution < 1.29 is 9.59 Å².